The molecule has 4 aromatic rings. The van der Waals surface area contributed by atoms with Crippen LogP contribution in [0.3, 0.4) is 0 Å². The van der Waals surface area contributed by atoms with Gasteiger partial charge in [-0.15, -0.1) is 0 Å². The molecule has 0 aliphatic carbocycles. The summed E-state index contributed by atoms with van der Waals surface area (Å²) in [4.78, 5) is 3.49. The first-order valence-corrected chi connectivity index (χ1v) is 6.65. The Kier molecular flexibility index (Phi) is 2.24. The van der Waals surface area contributed by atoms with Gasteiger partial charge in [0.15, 0.2) is 0 Å². The van der Waals surface area contributed by atoms with Crippen LogP contribution < -0.4 is 9.30 Å². The number of ether oxygens (including phenoxy) is 1. The summed E-state index contributed by atoms with van der Waals surface area (Å²) in [6.07, 6.45) is 0. The zero-order chi connectivity index (χ0) is 13.7. The van der Waals surface area contributed by atoms with Crippen LogP contribution in [-0.2, 0) is 7.05 Å². The maximum Gasteiger partial charge on any atom is 0.238 e. The van der Waals surface area contributed by atoms with Crippen molar-refractivity contribution in [1.82, 2.24) is 4.98 Å². The van der Waals surface area contributed by atoms with Gasteiger partial charge in [0.25, 0.3) is 0 Å². The molecule has 98 valence electrons. The van der Waals surface area contributed by atoms with E-state index in [-0.39, 0.29) is 0 Å². The molecule has 2 aromatic heterocycles. The number of benzene rings is 2. The van der Waals surface area contributed by atoms with Crippen LogP contribution in [-0.4, -0.2) is 12.1 Å². The number of rotatable bonds is 1. The maximum atomic E-state index is 5.34. The van der Waals surface area contributed by atoms with E-state index >= 15 is 0 Å². The molecule has 3 heteroatoms. The van der Waals surface area contributed by atoms with Crippen molar-refractivity contribution in [3.05, 3.63) is 48.5 Å². The van der Waals surface area contributed by atoms with E-state index in [4.69, 9.17) is 4.74 Å². The molecular formula is C17H15N2O+. The first-order chi connectivity index (χ1) is 9.78. The van der Waals surface area contributed by atoms with Gasteiger partial charge in [0.1, 0.15) is 18.3 Å². The van der Waals surface area contributed by atoms with Gasteiger partial charge in [0.05, 0.1) is 18.0 Å². The molecule has 0 unspecified atom stereocenters. The average molecular weight is 263 g/mol. The third-order valence-corrected chi connectivity index (χ3v) is 3.94. The molecule has 0 saturated heterocycles. The molecule has 0 amide bonds. The quantitative estimate of drug-likeness (QED) is 0.524. The second-order valence-electron chi connectivity index (χ2n) is 5.06. The highest BCUT2D eigenvalue weighted by atomic mass is 16.5. The number of nitrogens with one attached hydrogen (secondary N) is 1. The number of aryl methyl sites for hydroxylation is 1. The fraction of sp³-hybridized carbons (Fsp3) is 0.118. The molecule has 0 radical (unpaired) electrons. The van der Waals surface area contributed by atoms with Crippen LogP contribution in [0.4, 0.5) is 0 Å². The number of H-pyrrole nitrogens is 1. The minimum Gasteiger partial charge on any atom is -0.497 e. The predicted molar refractivity (Wildman–Crippen MR) is 81.0 cm³/mol. The van der Waals surface area contributed by atoms with E-state index < -0.39 is 0 Å². The van der Waals surface area contributed by atoms with Gasteiger partial charge in [-0.2, -0.15) is 4.57 Å². The largest absolute Gasteiger partial charge is 0.497 e. The fourth-order valence-electron chi connectivity index (χ4n) is 2.96. The average Bonchev–Trinajstić information content (AvgIpc) is 2.84. The molecule has 3 nitrogen and oxygen atoms in total. The lowest BCUT2D eigenvalue weighted by Gasteiger charge is -1.99. The van der Waals surface area contributed by atoms with Gasteiger partial charge in [0.2, 0.25) is 11.0 Å². The number of nitrogens with zero attached hydrogens (tertiary/aromatic N) is 1. The lowest BCUT2D eigenvalue weighted by Crippen LogP contribution is -2.29. The van der Waals surface area contributed by atoms with Crippen molar-refractivity contribution in [1.29, 1.82) is 0 Å². The molecule has 0 fully saturated rings. The molecule has 0 aliphatic rings. The van der Waals surface area contributed by atoms with Crippen molar-refractivity contribution in [3.8, 4) is 5.75 Å². The Morgan fingerprint density at radius 1 is 1.00 bits per heavy atom. The van der Waals surface area contributed by atoms with Crippen molar-refractivity contribution in [2.45, 2.75) is 0 Å². The monoisotopic (exact) mass is 263 g/mol. The van der Waals surface area contributed by atoms with E-state index in [1.165, 1.54) is 21.8 Å². The number of aromatic nitrogens is 2. The normalized spacial score (nSPS) is 11.5. The van der Waals surface area contributed by atoms with Gasteiger partial charge in [-0.25, -0.2) is 0 Å². The first kappa shape index (κ1) is 11.3. The van der Waals surface area contributed by atoms with E-state index in [2.05, 4.69) is 59.1 Å². The van der Waals surface area contributed by atoms with Crippen molar-refractivity contribution < 1.29 is 9.30 Å². The summed E-state index contributed by atoms with van der Waals surface area (Å²) in [6, 6.07) is 16.8. The van der Waals surface area contributed by atoms with Crippen LogP contribution in [0.1, 0.15) is 0 Å². The third kappa shape index (κ3) is 1.43. The molecule has 20 heavy (non-hydrogen) atoms. The van der Waals surface area contributed by atoms with Crippen molar-refractivity contribution in [2.75, 3.05) is 7.11 Å². The second kappa shape index (κ2) is 3.97. The molecule has 2 aromatic carbocycles. The number of fused-ring (bicyclic) bond motifs is 4. The Bertz CT molecular complexity index is 953. The number of methoxy groups -OCH3 is 1. The summed E-state index contributed by atoms with van der Waals surface area (Å²) < 4.78 is 7.58. The highest BCUT2D eigenvalue weighted by Crippen LogP contribution is 2.28. The van der Waals surface area contributed by atoms with E-state index in [0.717, 1.165) is 16.8 Å². The van der Waals surface area contributed by atoms with Crippen LogP contribution in [0.25, 0.3) is 32.8 Å². The van der Waals surface area contributed by atoms with Gasteiger partial charge in [-0.3, -0.25) is 0 Å². The van der Waals surface area contributed by atoms with Gasteiger partial charge < -0.3 is 9.72 Å². The van der Waals surface area contributed by atoms with Gasteiger partial charge >= 0.3 is 0 Å². The Labute approximate surface area is 116 Å². The van der Waals surface area contributed by atoms with Gasteiger partial charge in [0, 0.05) is 11.5 Å². The summed E-state index contributed by atoms with van der Waals surface area (Å²) >= 11 is 0. The summed E-state index contributed by atoms with van der Waals surface area (Å²) in [6.45, 7) is 0. The molecule has 0 saturated carbocycles. The summed E-state index contributed by atoms with van der Waals surface area (Å²) in [5, 5.41) is 2.42. The SMILES string of the molecule is COc1ccc2[nH]c3cc4ccccc4[n+](C)c3c2c1. The highest BCUT2D eigenvalue weighted by Gasteiger charge is 2.17. The smallest absolute Gasteiger partial charge is 0.238 e. The van der Waals surface area contributed by atoms with Crippen LogP contribution in [0.2, 0.25) is 0 Å². The zero-order valence-corrected chi connectivity index (χ0v) is 11.5. The maximum absolute atomic E-state index is 5.34. The van der Waals surface area contributed by atoms with E-state index in [0.29, 0.717) is 0 Å². The van der Waals surface area contributed by atoms with Crippen LogP contribution in [0.5, 0.6) is 5.75 Å². The molecule has 0 spiro atoms. The van der Waals surface area contributed by atoms with Crippen LogP contribution in [0, 0.1) is 0 Å². The summed E-state index contributed by atoms with van der Waals surface area (Å²) in [5.74, 6) is 0.881. The van der Waals surface area contributed by atoms with Gasteiger partial charge in [-0.05, 0) is 30.3 Å². The Hall–Kier alpha value is -2.55. The Morgan fingerprint density at radius 2 is 1.85 bits per heavy atom. The minimum absolute atomic E-state index is 0.881. The Balaban J connectivity index is 2.24. The molecule has 2 heterocycles. The van der Waals surface area contributed by atoms with E-state index in [9.17, 15) is 0 Å². The standard InChI is InChI=1S/C17H14N2O/c1-19-16-6-4-3-5-11(16)9-15-17(19)13-10-12(20-2)7-8-14(13)18-15/h3-10H,1-2H3/p+1. The number of pyridine rings is 1. The third-order valence-electron chi connectivity index (χ3n) is 3.94. The molecule has 4 rings (SSSR count). The zero-order valence-electron chi connectivity index (χ0n) is 11.5. The summed E-state index contributed by atoms with van der Waals surface area (Å²) in [7, 11) is 3.81. The molecule has 1 N–H and O–H groups in total. The minimum atomic E-state index is 0.881. The van der Waals surface area contributed by atoms with Gasteiger partial charge in [-0.1, -0.05) is 12.1 Å². The fourth-order valence-corrected chi connectivity index (χ4v) is 2.96. The van der Waals surface area contributed by atoms with Crippen molar-refractivity contribution in [2.24, 2.45) is 7.05 Å². The molecule has 0 atom stereocenters. The number of hydrogen-bond acceptors (Lipinski definition) is 1. The van der Waals surface area contributed by atoms with Crippen LogP contribution >= 0.6 is 0 Å². The highest BCUT2D eigenvalue weighted by molar-refractivity contribution is 6.05. The number of aromatic amines is 1. The molecule has 0 bridgehead atoms. The second-order valence-corrected chi connectivity index (χ2v) is 5.06. The molecule has 0 aliphatic heterocycles. The lowest BCUT2D eigenvalue weighted by atomic mass is 10.1. The molecular weight excluding hydrogens is 248 g/mol. The van der Waals surface area contributed by atoms with Crippen molar-refractivity contribution in [3.63, 3.8) is 0 Å². The Morgan fingerprint density at radius 3 is 2.70 bits per heavy atom. The first-order valence-electron chi connectivity index (χ1n) is 6.65. The lowest BCUT2D eigenvalue weighted by molar-refractivity contribution is -0.616. The predicted octanol–water partition coefficient (Wildman–Crippen LogP) is 3.31. The topological polar surface area (TPSA) is 28.9 Å². The number of para-hydroxylation sites is 1. The number of hydrogen-bond donors (Lipinski definition) is 1. The summed E-state index contributed by atoms with van der Waals surface area (Å²) in [5.41, 5.74) is 4.71. The van der Waals surface area contributed by atoms with E-state index in [1.54, 1.807) is 7.11 Å². The van der Waals surface area contributed by atoms with Crippen molar-refractivity contribution >= 4 is 32.8 Å². The van der Waals surface area contributed by atoms with E-state index in [1.807, 2.05) is 6.07 Å². The van der Waals surface area contributed by atoms with Crippen LogP contribution in [0.15, 0.2) is 48.5 Å².